The summed E-state index contributed by atoms with van der Waals surface area (Å²) in [4.78, 5) is 0.245. The number of hydrogen-bond donors (Lipinski definition) is 0. The lowest BCUT2D eigenvalue weighted by Gasteiger charge is -2.14. The zero-order valence-electron chi connectivity index (χ0n) is 9.96. The summed E-state index contributed by atoms with van der Waals surface area (Å²) in [6.07, 6.45) is 0.891. The van der Waals surface area contributed by atoms with Gasteiger partial charge in [-0.05, 0) is 54.3 Å². The lowest BCUT2D eigenvalue weighted by atomic mass is 10.0. The third-order valence-corrected chi connectivity index (χ3v) is 4.17. The highest BCUT2D eigenvalue weighted by atomic mass is 79.9. The molecule has 0 radical (unpaired) electrons. The molecule has 3 heteroatoms. The Morgan fingerprint density at radius 2 is 1.78 bits per heavy atom. The van der Waals surface area contributed by atoms with Crippen LogP contribution in [0.2, 0.25) is 10.0 Å². The molecule has 0 heterocycles. The van der Waals surface area contributed by atoms with Gasteiger partial charge in [-0.2, -0.15) is 0 Å². The molecule has 1 unspecified atom stereocenters. The number of halogens is 3. The maximum absolute atomic E-state index is 6.05. The first kappa shape index (κ1) is 13.9. The highest BCUT2D eigenvalue weighted by Crippen LogP contribution is 2.31. The molecule has 1 atom stereocenters. The van der Waals surface area contributed by atoms with E-state index >= 15 is 0 Å². The van der Waals surface area contributed by atoms with E-state index in [4.69, 9.17) is 23.2 Å². The first-order valence-corrected chi connectivity index (χ1v) is 7.38. The van der Waals surface area contributed by atoms with Crippen LogP contribution in [0.3, 0.4) is 0 Å². The third-order valence-electron chi connectivity index (χ3n) is 2.88. The molecule has 2 rings (SSSR count). The van der Waals surface area contributed by atoms with E-state index in [1.165, 1.54) is 16.7 Å². The molecule has 0 amide bonds. The molecule has 0 aliphatic carbocycles. The highest BCUT2D eigenvalue weighted by Gasteiger charge is 2.12. The van der Waals surface area contributed by atoms with Crippen LogP contribution in [0.4, 0.5) is 0 Å². The zero-order valence-corrected chi connectivity index (χ0v) is 13.1. The van der Waals surface area contributed by atoms with Gasteiger partial charge in [-0.1, -0.05) is 57.3 Å². The Balaban J connectivity index is 2.21. The predicted molar refractivity (Wildman–Crippen MR) is 83.0 cm³/mol. The van der Waals surface area contributed by atoms with E-state index in [2.05, 4.69) is 28.9 Å². The first-order valence-electron chi connectivity index (χ1n) is 5.71. The fourth-order valence-corrected chi connectivity index (χ4v) is 3.19. The van der Waals surface area contributed by atoms with E-state index in [-0.39, 0.29) is 4.83 Å². The first-order chi connectivity index (χ1) is 8.56. The summed E-state index contributed by atoms with van der Waals surface area (Å²) in [5.41, 5.74) is 3.68. The Morgan fingerprint density at radius 1 is 1.06 bits per heavy atom. The molecular formula is C15H13BrCl2. The molecule has 0 nitrogen and oxygen atoms in total. The van der Waals surface area contributed by atoms with Crippen molar-refractivity contribution in [3.8, 4) is 0 Å². The molecule has 0 fully saturated rings. The van der Waals surface area contributed by atoms with Gasteiger partial charge in [0.2, 0.25) is 0 Å². The van der Waals surface area contributed by atoms with Gasteiger partial charge in [-0.25, -0.2) is 0 Å². The average Bonchev–Trinajstić information content (AvgIpc) is 2.32. The van der Waals surface area contributed by atoms with Crippen LogP contribution in [0.15, 0.2) is 42.5 Å². The number of hydrogen-bond acceptors (Lipinski definition) is 0. The minimum atomic E-state index is 0.245. The van der Waals surface area contributed by atoms with Gasteiger partial charge < -0.3 is 0 Å². The minimum absolute atomic E-state index is 0.245. The van der Waals surface area contributed by atoms with Crippen LogP contribution >= 0.6 is 39.1 Å². The predicted octanol–water partition coefficient (Wildman–Crippen LogP) is 5.98. The Kier molecular flexibility index (Phi) is 4.71. The van der Waals surface area contributed by atoms with Crippen molar-refractivity contribution in [2.75, 3.05) is 0 Å². The van der Waals surface area contributed by atoms with Gasteiger partial charge in [-0.3, -0.25) is 0 Å². The number of alkyl halides is 1. The van der Waals surface area contributed by atoms with Crippen molar-refractivity contribution in [3.63, 3.8) is 0 Å². The van der Waals surface area contributed by atoms with Crippen molar-refractivity contribution in [1.82, 2.24) is 0 Å². The monoisotopic (exact) mass is 342 g/mol. The molecule has 2 aromatic rings. The third kappa shape index (κ3) is 3.50. The van der Waals surface area contributed by atoms with Crippen LogP contribution in [-0.2, 0) is 6.42 Å². The fraction of sp³-hybridized carbons (Fsp3) is 0.200. The molecule has 0 aliphatic heterocycles. The molecule has 2 aromatic carbocycles. The van der Waals surface area contributed by atoms with E-state index < -0.39 is 0 Å². The molecule has 0 spiro atoms. The quantitative estimate of drug-likeness (QED) is 0.601. The molecule has 0 bridgehead atoms. The zero-order chi connectivity index (χ0) is 13.1. The topological polar surface area (TPSA) is 0 Å². The minimum Gasteiger partial charge on any atom is -0.0843 e. The Hall–Kier alpha value is -0.500. The largest absolute Gasteiger partial charge is 0.0843 e. The van der Waals surface area contributed by atoms with Crippen LogP contribution in [0.1, 0.15) is 21.5 Å². The smallest absolute Gasteiger partial charge is 0.0438 e. The van der Waals surface area contributed by atoms with Crippen molar-refractivity contribution < 1.29 is 0 Å². The summed E-state index contributed by atoms with van der Waals surface area (Å²) in [7, 11) is 0. The van der Waals surface area contributed by atoms with E-state index in [1.54, 1.807) is 0 Å². The van der Waals surface area contributed by atoms with Gasteiger partial charge >= 0.3 is 0 Å². The normalized spacial score (nSPS) is 12.4. The standard InChI is InChI=1S/C15H13BrCl2/c1-10-5-6-13(18)9-14(10)15(16)8-11-3-2-4-12(17)7-11/h2-7,9,15H,8H2,1H3. The molecular weight excluding hydrogens is 331 g/mol. The van der Waals surface area contributed by atoms with Crippen molar-refractivity contribution in [3.05, 3.63) is 69.2 Å². The summed E-state index contributed by atoms with van der Waals surface area (Å²) >= 11 is 15.8. The maximum Gasteiger partial charge on any atom is 0.0438 e. The van der Waals surface area contributed by atoms with Gasteiger partial charge in [0.1, 0.15) is 0 Å². The molecule has 18 heavy (non-hydrogen) atoms. The Labute approximate surface area is 126 Å². The summed E-state index contributed by atoms with van der Waals surface area (Å²) in [5.74, 6) is 0. The van der Waals surface area contributed by atoms with Crippen molar-refractivity contribution >= 4 is 39.1 Å². The summed E-state index contributed by atoms with van der Waals surface area (Å²) < 4.78 is 0. The van der Waals surface area contributed by atoms with E-state index in [0.717, 1.165) is 16.5 Å². The van der Waals surface area contributed by atoms with E-state index in [1.807, 2.05) is 36.4 Å². The number of rotatable bonds is 3. The average molecular weight is 344 g/mol. The van der Waals surface area contributed by atoms with Crippen LogP contribution < -0.4 is 0 Å². The molecule has 0 aromatic heterocycles. The van der Waals surface area contributed by atoms with Crippen LogP contribution in [0.25, 0.3) is 0 Å². The molecule has 0 saturated carbocycles. The van der Waals surface area contributed by atoms with Crippen LogP contribution in [0, 0.1) is 6.92 Å². The number of benzene rings is 2. The lowest BCUT2D eigenvalue weighted by molar-refractivity contribution is 0.938. The van der Waals surface area contributed by atoms with Crippen molar-refractivity contribution in [1.29, 1.82) is 0 Å². The SMILES string of the molecule is Cc1ccc(Cl)cc1C(Br)Cc1cccc(Cl)c1. The lowest BCUT2D eigenvalue weighted by Crippen LogP contribution is -1.98. The second kappa shape index (κ2) is 6.10. The fourth-order valence-electron chi connectivity index (χ4n) is 1.93. The van der Waals surface area contributed by atoms with Crippen molar-refractivity contribution in [2.45, 2.75) is 18.2 Å². The molecule has 0 saturated heterocycles. The van der Waals surface area contributed by atoms with Crippen LogP contribution in [0.5, 0.6) is 0 Å². The molecule has 0 aliphatic rings. The second-order valence-electron chi connectivity index (χ2n) is 4.30. The van der Waals surface area contributed by atoms with Gasteiger partial charge in [0.15, 0.2) is 0 Å². The van der Waals surface area contributed by atoms with Gasteiger partial charge in [0, 0.05) is 14.9 Å². The highest BCUT2D eigenvalue weighted by molar-refractivity contribution is 9.09. The van der Waals surface area contributed by atoms with Gasteiger partial charge in [0.25, 0.3) is 0 Å². The van der Waals surface area contributed by atoms with Crippen LogP contribution in [-0.4, -0.2) is 0 Å². The molecule has 0 N–H and O–H groups in total. The Morgan fingerprint density at radius 3 is 2.50 bits per heavy atom. The van der Waals surface area contributed by atoms with E-state index in [0.29, 0.717) is 0 Å². The Bertz CT molecular complexity index is 552. The molecule has 94 valence electrons. The van der Waals surface area contributed by atoms with E-state index in [9.17, 15) is 0 Å². The second-order valence-corrected chi connectivity index (χ2v) is 6.28. The summed E-state index contributed by atoms with van der Waals surface area (Å²) in [5, 5.41) is 1.54. The number of aryl methyl sites for hydroxylation is 1. The van der Waals surface area contributed by atoms with Crippen molar-refractivity contribution in [2.24, 2.45) is 0 Å². The maximum atomic E-state index is 6.05. The van der Waals surface area contributed by atoms with Gasteiger partial charge in [0.05, 0.1) is 0 Å². The summed E-state index contributed by atoms with van der Waals surface area (Å²) in [6.45, 7) is 2.10. The van der Waals surface area contributed by atoms with Gasteiger partial charge in [-0.15, -0.1) is 0 Å². The summed E-state index contributed by atoms with van der Waals surface area (Å²) in [6, 6.07) is 13.9.